The van der Waals surface area contributed by atoms with E-state index in [4.69, 9.17) is 5.73 Å². The van der Waals surface area contributed by atoms with E-state index in [0.717, 1.165) is 29.4 Å². The molecule has 1 aromatic heterocycles. The SMILES string of the molecule is Cc1ccccc1-c1nc(C)n(Cc2ccccc2)c1N. The average molecular weight is 277 g/mol. The van der Waals surface area contributed by atoms with E-state index in [9.17, 15) is 0 Å². The van der Waals surface area contributed by atoms with Gasteiger partial charge >= 0.3 is 0 Å². The summed E-state index contributed by atoms with van der Waals surface area (Å²) in [5, 5.41) is 0. The van der Waals surface area contributed by atoms with Crippen molar-refractivity contribution in [3.05, 3.63) is 71.5 Å². The van der Waals surface area contributed by atoms with Gasteiger partial charge in [0.05, 0.1) is 6.54 Å². The number of hydrogen-bond donors (Lipinski definition) is 1. The predicted molar refractivity (Wildman–Crippen MR) is 87.1 cm³/mol. The van der Waals surface area contributed by atoms with Gasteiger partial charge in [-0.15, -0.1) is 0 Å². The van der Waals surface area contributed by atoms with Crippen LogP contribution in [0.25, 0.3) is 11.3 Å². The molecule has 0 amide bonds. The van der Waals surface area contributed by atoms with Crippen LogP contribution in [-0.2, 0) is 6.54 Å². The topological polar surface area (TPSA) is 43.8 Å². The van der Waals surface area contributed by atoms with Crippen molar-refractivity contribution < 1.29 is 0 Å². The number of rotatable bonds is 3. The molecule has 0 aliphatic rings. The first-order valence-electron chi connectivity index (χ1n) is 7.09. The fourth-order valence-electron chi connectivity index (χ4n) is 2.58. The minimum absolute atomic E-state index is 0.727. The Balaban J connectivity index is 2.03. The van der Waals surface area contributed by atoms with Crippen molar-refractivity contribution in [1.29, 1.82) is 0 Å². The molecule has 0 saturated carbocycles. The quantitative estimate of drug-likeness (QED) is 0.791. The minimum atomic E-state index is 0.727. The standard InChI is InChI=1S/C18H19N3/c1-13-8-6-7-11-16(13)17-18(19)21(14(2)20-17)12-15-9-4-3-5-10-15/h3-11H,12,19H2,1-2H3. The Morgan fingerprint density at radius 3 is 2.33 bits per heavy atom. The van der Waals surface area contributed by atoms with Crippen LogP contribution in [0.3, 0.4) is 0 Å². The van der Waals surface area contributed by atoms with Crippen LogP contribution < -0.4 is 5.73 Å². The first kappa shape index (κ1) is 13.4. The number of nitrogens with two attached hydrogens (primary N) is 1. The molecule has 0 saturated heterocycles. The van der Waals surface area contributed by atoms with Gasteiger partial charge in [-0.3, -0.25) is 0 Å². The van der Waals surface area contributed by atoms with Crippen LogP contribution in [0.15, 0.2) is 54.6 Å². The zero-order chi connectivity index (χ0) is 14.8. The second-order valence-electron chi connectivity index (χ2n) is 5.28. The Hall–Kier alpha value is -2.55. The third-order valence-corrected chi connectivity index (χ3v) is 3.78. The summed E-state index contributed by atoms with van der Waals surface area (Å²) >= 11 is 0. The maximum Gasteiger partial charge on any atom is 0.132 e. The van der Waals surface area contributed by atoms with Crippen LogP contribution in [0.5, 0.6) is 0 Å². The maximum absolute atomic E-state index is 6.35. The Morgan fingerprint density at radius 2 is 1.62 bits per heavy atom. The van der Waals surface area contributed by atoms with E-state index in [2.05, 4.69) is 40.7 Å². The van der Waals surface area contributed by atoms with Gasteiger partial charge in [0.2, 0.25) is 0 Å². The molecule has 0 spiro atoms. The van der Waals surface area contributed by atoms with E-state index in [-0.39, 0.29) is 0 Å². The van der Waals surface area contributed by atoms with Crippen LogP contribution in [0.2, 0.25) is 0 Å². The molecule has 0 radical (unpaired) electrons. The van der Waals surface area contributed by atoms with E-state index in [0.29, 0.717) is 0 Å². The summed E-state index contributed by atoms with van der Waals surface area (Å²) in [4.78, 5) is 4.68. The molecule has 0 bridgehead atoms. The summed E-state index contributed by atoms with van der Waals surface area (Å²) < 4.78 is 2.07. The molecule has 3 rings (SSSR count). The molecule has 2 aromatic carbocycles. The lowest BCUT2D eigenvalue weighted by Crippen LogP contribution is -2.06. The molecule has 3 aromatic rings. The zero-order valence-electron chi connectivity index (χ0n) is 12.4. The number of nitrogens with zero attached hydrogens (tertiary/aromatic N) is 2. The molecule has 21 heavy (non-hydrogen) atoms. The molecule has 106 valence electrons. The number of nitrogen functional groups attached to an aromatic ring is 1. The number of anilines is 1. The summed E-state index contributed by atoms with van der Waals surface area (Å²) in [6.45, 7) is 4.83. The smallest absolute Gasteiger partial charge is 0.132 e. The monoisotopic (exact) mass is 277 g/mol. The summed E-state index contributed by atoms with van der Waals surface area (Å²) in [6.07, 6.45) is 0. The van der Waals surface area contributed by atoms with Crippen LogP contribution in [-0.4, -0.2) is 9.55 Å². The normalized spacial score (nSPS) is 10.8. The maximum atomic E-state index is 6.35. The minimum Gasteiger partial charge on any atom is -0.383 e. The molecule has 0 fully saturated rings. The van der Waals surface area contributed by atoms with Crippen LogP contribution in [0, 0.1) is 13.8 Å². The number of benzene rings is 2. The predicted octanol–water partition coefficient (Wildman–Crippen LogP) is 3.80. The summed E-state index contributed by atoms with van der Waals surface area (Å²) in [6, 6.07) is 18.5. The van der Waals surface area contributed by atoms with E-state index in [1.165, 1.54) is 11.1 Å². The van der Waals surface area contributed by atoms with E-state index < -0.39 is 0 Å². The highest BCUT2D eigenvalue weighted by Gasteiger charge is 2.15. The Morgan fingerprint density at radius 1 is 0.952 bits per heavy atom. The van der Waals surface area contributed by atoms with Crippen molar-refractivity contribution in [3.63, 3.8) is 0 Å². The average Bonchev–Trinajstić information content (AvgIpc) is 2.77. The van der Waals surface area contributed by atoms with Gasteiger partial charge in [-0.05, 0) is 25.0 Å². The summed E-state index contributed by atoms with van der Waals surface area (Å²) in [5.74, 6) is 1.67. The lowest BCUT2D eigenvalue weighted by molar-refractivity contribution is 0.771. The molecule has 3 nitrogen and oxygen atoms in total. The Kier molecular flexibility index (Phi) is 3.48. The van der Waals surface area contributed by atoms with Gasteiger partial charge in [0.25, 0.3) is 0 Å². The summed E-state index contributed by atoms with van der Waals surface area (Å²) in [5.41, 5.74) is 10.7. The molecule has 2 N–H and O–H groups in total. The number of hydrogen-bond acceptors (Lipinski definition) is 2. The molecule has 0 atom stereocenters. The molecule has 0 aliphatic carbocycles. The second kappa shape index (κ2) is 5.44. The first-order valence-corrected chi connectivity index (χ1v) is 7.09. The Bertz CT molecular complexity index is 757. The number of aromatic nitrogens is 2. The highest BCUT2D eigenvalue weighted by Crippen LogP contribution is 2.29. The third-order valence-electron chi connectivity index (χ3n) is 3.78. The van der Waals surface area contributed by atoms with Crippen molar-refractivity contribution in [3.8, 4) is 11.3 Å². The highest BCUT2D eigenvalue weighted by atomic mass is 15.1. The molecular formula is C18H19N3. The highest BCUT2D eigenvalue weighted by molar-refractivity contribution is 5.73. The molecule has 3 heteroatoms. The van der Waals surface area contributed by atoms with Gasteiger partial charge in [0, 0.05) is 5.56 Å². The molecule has 0 unspecified atom stereocenters. The second-order valence-corrected chi connectivity index (χ2v) is 5.28. The van der Waals surface area contributed by atoms with Gasteiger partial charge in [-0.25, -0.2) is 4.98 Å². The van der Waals surface area contributed by atoms with Crippen LogP contribution in [0.1, 0.15) is 17.0 Å². The van der Waals surface area contributed by atoms with Gasteiger partial charge in [0.15, 0.2) is 0 Å². The van der Waals surface area contributed by atoms with Gasteiger partial charge in [0.1, 0.15) is 17.3 Å². The third kappa shape index (κ3) is 2.55. The number of imidazole rings is 1. The summed E-state index contributed by atoms with van der Waals surface area (Å²) in [7, 11) is 0. The van der Waals surface area contributed by atoms with Crippen LogP contribution >= 0.6 is 0 Å². The van der Waals surface area contributed by atoms with E-state index in [1.807, 2.05) is 37.3 Å². The van der Waals surface area contributed by atoms with Gasteiger partial charge < -0.3 is 10.3 Å². The molecule has 1 heterocycles. The lowest BCUT2D eigenvalue weighted by atomic mass is 10.1. The lowest BCUT2D eigenvalue weighted by Gasteiger charge is -2.08. The largest absolute Gasteiger partial charge is 0.383 e. The molecule has 0 aliphatic heterocycles. The van der Waals surface area contributed by atoms with Crippen molar-refractivity contribution >= 4 is 5.82 Å². The number of aryl methyl sites for hydroxylation is 2. The molecular weight excluding hydrogens is 258 g/mol. The first-order chi connectivity index (χ1) is 10.2. The van der Waals surface area contributed by atoms with E-state index in [1.54, 1.807) is 0 Å². The van der Waals surface area contributed by atoms with Gasteiger partial charge in [-0.2, -0.15) is 0 Å². The van der Waals surface area contributed by atoms with Crippen molar-refractivity contribution in [2.24, 2.45) is 0 Å². The zero-order valence-corrected chi connectivity index (χ0v) is 12.4. The van der Waals surface area contributed by atoms with Gasteiger partial charge in [-0.1, -0.05) is 54.6 Å². The van der Waals surface area contributed by atoms with E-state index >= 15 is 0 Å². The fraction of sp³-hybridized carbons (Fsp3) is 0.167. The van der Waals surface area contributed by atoms with Crippen molar-refractivity contribution in [2.45, 2.75) is 20.4 Å². The fourth-order valence-corrected chi connectivity index (χ4v) is 2.58. The van der Waals surface area contributed by atoms with Crippen LogP contribution in [0.4, 0.5) is 5.82 Å². The van der Waals surface area contributed by atoms with Crippen molar-refractivity contribution in [1.82, 2.24) is 9.55 Å². The van der Waals surface area contributed by atoms with Crippen molar-refractivity contribution in [2.75, 3.05) is 5.73 Å². The Labute approximate surface area is 125 Å².